The van der Waals surface area contributed by atoms with Crippen molar-refractivity contribution in [1.29, 1.82) is 0 Å². The molecule has 24 heavy (non-hydrogen) atoms. The van der Waals surface area contributed by atoms with Crippen LogP contribution in [0.25, 0.3) is 10.2 Å². The molecule has 0 saturated carbocycles. The van der Waals surface area contributed by atoms with Crippen LogP contribution >= 0.6 is 11.3 Å². The predicted molar refractivity (Wildman–Crippen MR) is 87.8 cm³/mol. The third-order valence-electron chi connectivity index (χ3n) is 4.06. The van der Waals surface area contributed by atoms with Gasteiger partial charge in [0.25, 0.3) is 5.56 Å². The van der Waals surface area contributed by atoms with E-state index in [9.17, 15) is 14.0 Å². The number of ether oxygens (including phenoxy) is 1. The standard InChI is InChI=1S/C17H13FN2O3S/c18-11-6-2-1-4-9(11)17(22)23-8-13-19-15(21)14-10-5-3-7-12(10)24-16(14)20-13/h1-2,4,6H,3,5,7-8H2,(H,19,20,21). The van der Waals surface area contributed by atoms with Crippen molar-refractivity contribution in [2.45, 2.75) is 25.9 Å². The molecule has 7 heteroatoms. The molecule has 2 heterocycles. The molecular weight excluding hydrogens is 331 g/mol. The molecule has 1 aliphatic rings. The number of nitrogens with zero attached hydrogens (tertiary/aromatic N) is 1. The van der Waals surface area contributed by atoms with Crippen molar-refractivity contribution in [2.75, 3.05) is 0 Å². The molecule has 0 bridgehead atoms. The zero-order valence-electron chi connectivity index (χ0n) is 12.6. The summed E-state index contributed by atoms with van der Waals surface area (Å²) in [5, 5.41) is 0.650. The van der Waals surface area contributed by atoms with Gasteiger partial charge in [-0.15, -0.1) is 11.3 Å². The van der Waals surface area contributed by atoms with E-state index in [1.807, 2.05) is 0 Å². The summed E-state index contributed by atoms with van der Waals surface area (Å²) in [5.41, 5.74) is 0.742. The number of hydrogen-bond acceptors (Lipinski definition) is 5. The van der Waals surface area contributed by atoms with Crippen molar-refractivity contribution in [3.05, 3.63) is 62.3 Å². The second kappa shape index (κ2) is 5.83. The Balaban J connectivity index is 1.58. The van der Waals surface area contributed by atoms with E-state index in [1.165, 1.54) is 34.4 Å². The fraction of sp³-hybridized carbons (Fsp3) is 0.235. The molecule has 1 N–H and O–H groups in total. The number of aromatic nitrogens is 2. The van der Waals surface area contributed by atoms with Gasteiger partial charge in [0.2, 0.25) is 0 Å². The topological polar surface area (TPSA) is 72.0 Å². The average molecular weight is 344 g/mol. The molecule has 0 spiro atoms. The Morgan fingerprint density at radius 1 is 1.33 bits per heavy atom. The van der Waals surface area contributed by atoms with Gasteiger partial charge in [-0.05, 0) is 37.0 Å². The predicted octanol–water partition coefficient (Wildman–Crippen LogP) is 2.97. The van der Waals surface area contributed by atoms with Crippen LogP contribution in [0.2, 0.25) is 0 Å². The molecule has 0 aliphatic heterocycles. The van der Waals surface area contributed by atoms with Crippen molar-refractivity contribution in [3.8, 4) is 0 Å². The van der Waals surface area contributed by atoms with Crippen molar-refractivity contribution in [2.24, 2.45) is 0 Å². The van der Waals surface area contributed by atoms with Gasteiger partial charge >= 0.3 is 5.97 Å². The molecule has 0 saturated heterocycles. The van der Waals surface area contributed by atoms with Crippen molar-refractivity contribution < 1.29 is 13.9 Å². The van der Waals surface area contributed by atoms with Gasteiger partial charge in [0, 0.05) is 4.88 Å². The number of esters is 1. The highest BCUT2D eigenvalue weighted by Gasteiger charge is 2.21. The van der Waals surface area contributed by atoms with Crippen LogP contribution in [0, 0.1) is 5.82 Å². The van der Waals surface area contributed by atoms with Crippen molar-refractivity contribution >= 4 is 27.5 Å². The van der Waals surface area contributed by atoms with Gasteiger partial charge in [-0.3, -0.25) is 4.79 Å². The maximum atomic E-state index is 13.6. The molecule has 1 aliphatic carbocycles. The first kappa shape index (κ1) is 15.0. The Kier molecular flexibility index (Phi) is 3.65. The summed E-state index contributed by atoms with van der Waals surface area (Å²) in [5.74, 6) is -1.17. The number of hydrogen-bond donors (Lipinski definition) is 1. The number of carbonyl (C=O) groups is 1. The number of aryl methyl sites for hydroxylation is 2. The monoisotopic (exact) mass is 344 g/mol. The lowest BCUT2D eigenvalue weighted by atomic mass is 10.2. The van der Waals surface area contributed by atoms with Crippen LogP contribution in [0.1, 0.15) is 33.0 Å². The summed E-state index contributed by atoms with van der Waals surface area (Å²) in [7, 11) is 0. The molecule has 5 nitrogen and oxygen atoms in total. The quantitative estimate of drug-likeness (QED) is 0.742. The second-order valence-corrected chi connectivity index (χ2v) is 6.69. The lowest BCUT2D eigenvalue weighted by Crippen LogP contribution is -2.15. The van der Waals surface area contributed by atoms with Crippen LogP contribution in [0.4, 0.5) is 4.39 Å². The lowest BCUT2D eigenvalue weighted by Gasteiger charge is -2.05. The molecule has 0 unspecified atom stereocenters. The Labute approximate surface area is 140 Å². The van der Waals surface area contributed by atoms with E-state index < -0.39 is 11.8 Å². The minimum absolute atomic E-state index is 0.143. The van der Waals surface area contributed by atoms with Crippen LogP contribution in [0.15, 0.2) is 29.1 Å². The van der Waals surface area contributed by atoms with E-state index in [0.29, 0.717) is 10.2 Å². The molecule has 0 radical (unpaired) electrons. The Hall–Kier alpha value is -2.54. The molecule has 2 aromatic heterocycles. The Morgan fingerprint density at radius 2 is 2.17 bits per heavy atom. The number of rotatable bonds is 3. The summed E-state index contributed by atoms with van der Waals surface area (Å²) >= 11 is 1.52. The number of fused-ring (bicyclic) bond motifs is 3. The Morgan fingerprint density at radius 3 is 3.00 bits per heavy atom. The smallest absolute Gasteiger partial charge is 0.341 e. The summed E-state index contributed by atoms with van der Waals surface area (Å²) < 4.78 is 18.6. The average Bonchev–Trinajstić information content (AvgIpc) is 3.13. The van der Waals surface area contributed by atoms with E-state index in [1.54, 1.807) is 6.07 Å². The van der Waals surface area contributed by atoms with Crippen LogP contribution < -0.4 is 5.56 Å². The summed E-state index contributed by atoms with van der Waals surface area (Å²) in [6.45, 7) is -0.207. The van der Waals surface area contributed by atoms with Crippen LogP contribution in [-0.2, 0) is 24.2 Å². The molecular formula is C17H13FN2O3S. The molecule has 0 atom stereocenters. The largest absolute Gasteiger partial charge is 0.454 e. The van der Waals surface area contributed by atoms with E-state index in [0.717, 1.165) is 24.8 Å². The van der Waals surface area contributed by atoms with Gasteiger partial charge in [-0.25, -0.2) is 14.2 Å². The maximum absolute atomic E-state index is 13.6. The maximum Gasteiger partial charge on any atom is 0.341 e. The minimum Gasteiger partial charge on any atom is -0.454 e. The third kappa shape index (κ3) is 2.50. The summed E-state index contributed by atoms with van der Waals surface area (Å²) in [4.78, 5) is 33.1. The molecule has 122 valence electrons. The lowest BCUT2D eigenvalue weighted by molar-refractivity contribution is 0.0457. The van der Waals surface area contributed by atoms with Crippen molar-refractivity contribution in [1.82, 2.24) is 9.97 Å². The highest BCUT2D eigenvalue weighted by atomic mass is 32.1. The first-order valence-electron chi connectivity index (χ1n) is 7.58. The zero-order valence-corrected chi connectivity index (χ0v) is 13.4. The normalized spacial score (nSPS) is 13.2. The van der Waals surface area contributed by atoms with Gasteiger partial charge in [-0.1, -0.05) is 12.1 Å². The first-order valence-corrected chi connectivity index (χ1v) is 8.40. The van der Waals surface area contributed by atoms with Gasteiger partial charge < -0.3 is 9.72 Å². The fourth-order valence-corrected chi connectivity index (χ4v) is 4.23. The van der Waals surface area contributed by atoms with E-state index in [4.69, 9.17) is 4.74 Å². The minimum atomic E-state index is -0.787. The molecule has 4 rings (SSSR count). The number of benzene rings is 1. The third-order valence-corrected chi connectivity index (χ3v) is 5.24. The highest BCUT2D eigenvalue weighted by molar-refractivity contribution is 7.18. The molecule has 1 aromatic carbocycles. The fourth-order valence-electron chi connectivity index (χ4n) is 2.95. The SMILES string of the molecule is O=C(OCc1nc2sc3c(c2c(=O)[nH]1)CCC3)c1ccccc1F. The van der Waals surface area contributed by atoms with E-state index in [-0.39, 0.29) is 23.6 Å². The summed E-state index contributed by atoms with van der Waals surface area (Å²) in [6, 6.07) is 5.59. The van der Waals surface area contributed by atoms with Crippen LogP contribution in [0.3, 0.4) is 0 Å². The van der Waals surface area contributed by atoms with Gasteiger partial charge in [0.05, 0.1) is 10.9 Å². The van der Waals surface area contributed by atoms with Crippen molar-refractivity contribution in [3.63, 3.8) is 0 Å². The number of H-pyrrole nitrogens is 1. The van der Waals surface area contributed by atoms with E-state index >= 15 is 0 Å². The van der Waals surface area contributed by atoms with Gasteiger partial charge in [-0.2, -0.15) is 0 Å². The van der Waals surface area contributed by atoms with Crippen LogP contribution in [-0.4, -0.2) is 15.9 Å². The van der Waals surface area contributed by atoms with E-state index in [2.05, 4.69) is 9.97 Å². The number of aromatic amines is 1. The molecule has 0 fully saturated rings. The number of nitrogens with one attached hydrogen (secondary N) is 1. The number of thiophene rings is 1. The Bertz CT molecular complexity index is 1010. The van der Waals surface area contributed by atoms with Gasteiger partial charge in [0.15, 0.2) is 0 Å². The summed E-state index contributed by atoms with van der Waals surface area (Å²) in [6.07, 6.45) is 2.95. The number of carbonyl (C=O) groups excluding carboxylic acids is 1. The molecule has 3 aromatic rings. The molecule has 0 amide bonds. The zero-order chi connectivity index (χ0) is 16.7. The van der Waals surface area contributed by atoms with Gasteiger partial charge in [0.1, 0.15) is 23.1 Å². The second-order valence-electron chi connectivity index (χ2n) is 5.61. The highest BCUT2D eigenvalue weighted by Crippen LogP contribution is 2.34. The van der Waals surface area contributed by atoms with Crippen LogP contribution in [0.5, 0.6) is 0 Å². The number of halogens is 1. The first-order chi connectivity index (χ1) is 11.6.